The summed E-state index contributed by atoms with van der Waals surface area (Å²) in [5, 5.41) is 7.87. The topological polar surface area (TPSA) is 59.8 Å². The molecule has 0 fully saturated rings. The van der Waals surface area contributed by atoms with Gasteiger partial charge in [0.05, 0.1) is 5.69 Å². The van der Waals surface area contributed by atoms with Crippen LogP contribution in [0.1, 0.15) is 21.7 Å². The normalized spacial score (nSPS) is 10.7. The maximum absolute atomic E-state index is 12.8. The lowest BCUT2D eigenvalue weighted by Crippen LogP contribution is -2.14. The van der Waals surface area contributed by atoms with E-state index in [-0.39, 0.29) is 5.82 Å². The number of carbonyl (C=O) groups is 1. The van der Waals surface area contributed by atoms with Gasteiger partial charge >= 0.3 is 0 Å². The molecule has 1 amide bonds. The molecule has 4 aromatic rings. The number of amides is 1. The molecule has 144 valence electrons. The molecule has 0 bridgehead atoms. The number of anilines is 1. The van der Waals surface area contributed by atoms with E-state index in [1.807, 2.05) is 56.3 Å². The Balaban J connectivity index is 1.78. The summed E-state index contributed by atoms with van der Waals surface area (Å²) < 4.78 is 1.72. The fourth-order valence-electron chi connectivity index (χ4n) is 3.15. The Bertz CT molecular complexity index is 1180. The molecule has 0 aliphatic rings. The molecule has 0 spiro atoms. The molecule has 3 aromatic carbocycles. The number of aryl methyl sites for hydroxylation is 2. The highest BCUT2D eigenvalue weighted by atomic mass is 35.5. The van der Waals surface area contributed by atoms with Crippen molar-refractivity contribution in [3.8, 4) is 17.1 Å². The molecule has 0 radical (unpaired) electrons. The van der Waals surface area contributed by atoms with E-state index in [9.17, 15) is 4.79 Å². The SMILES string of the molecule is Cc1ccc(-n2nc(C(=O)Nc3cccc(Cl)c3)nc2-c2ccccc2)c(C)c1. The third-order valence-electron chi connectivity index (χ3n) is 4.51. The second kappa shape index (κ2) is 7.89. The largest absolute Gasteiger partial charge is 0.319 e. The summed E-state index contributed by atoms with van der Waals surface area (Å²) in [5.74, 6) is 0.297. The Morgan fingerprint density at radius 2 is 1.76 bits per heavy atom. The van der Waals surface area contributed by atoms with Crippen LogP contribution in [-0.4, -0.2) is 20.7 Å². The van der Waals surface area contributed by atoms with Crippen LogP contribution in [0.5, 0.6) is 0 Å². The lowest BCUT2D eigenvalue weighted by atomic mass is 10.1. The lowest BCUT2D eigenvalue weighted by Gasteiger charge is -2.09. The van der Waals surface area contributed by atoms with Gasteiger partial charge in [-0.15, -0.1) is 5.10 Å². The van der Waals surface area contributed by atoms with Crippen molar-refractivity contribution in [1.29, 1.82) is 0 Å². The Morgan fingerprint density at radius 3 is 2.48 bits per heavy atom. The molecule has 1 aromatic heterocycles. The number of hydrogen-bond donors (Lipinski definition) is 1. The lowest BCUT2D eigenvalue weighted by molar-refractivity contribution is 0.101. The number of nitrogens with zero attached hydrogens (tertiary/aromatic N) is 3. The summed E-state index contributed by atoms with van der Waals surface area (Å²) in [7, 11) is 0. The van der Waals surface area contributed by atoms with Crippen LogP contribution >= 0.6 is 11.6 Å². The molecule has 0 atom stereocenters. The monoisotopic (exact) mass is 402 g/mol. The minimum Gasteiger partial charge on any atom is -0.319 e. The summed E-state index contributed by atoms with van der Waals surface area (Å²) in [5.41, 5.74) is 4.55. The van der Waals surface area contributed by atoms with E-state index in [4.69, 9.17) is 11.6 Å². The number of benzene rings is 3. The Hall–Kier alpha value is -3.44. The molecule has 4 rings (SSSR count). The van der Waals surface area contributed by atoms with Gasteiger partial charge in [0.15, 0.2) is 5.82 Å². The summed E-state index contributed by atoms with van der Waals surface area (Å²) in [6.07, 6.45) is 0. The van der Waals surface area contributed by atoms with E-state index in [0.717, 1.165) is 22.4 Å². The van der Waals surface area contributed by atoms with Gasteiger partial charge in [0.2, 0.25) is 5.82 Å². The number of hydrogen-bond acceptors (Lipinski definition) is 3. The third kappa shape index (κ3) is 4.05. The van der Waals surface area contributed by atoms with E-state index in [1.54, 1.807) is 28.9 Å². The van der Waals surface area contributed by atoms with Crippen molar-refractivity contribution >= 4 is 23.2 Å². The van der Waals surface area contributed by atoms with Gasteiger partial charge in [-0.1, -0.05) is 65.7 Å². The van der Waals surface area contributed by atoms with Crippen molar-refractivity contribution in [2.24, 2.45) is 0 Å². The van der Waals surface area contributed by atoms with E-state index >= 15 is 0 Å². The highest BCUT2D eigenvalue weighted by molar-refractivity contribution is 6.30. The smallest absolute Gasteiger partial charge is 0.295 e. The van der Waals surface area contributed by atoms with Crippen molar-refractivity contribution in [2.45, 2.75) is 13.8 Å². The van der Waals surface area contributed by atoms with Crippen molar-refractivity contribution < 1.29 is 4.79 Å². The van der Waals surface area contributed by atoms with Crippen molar-refractivity contribution in [3.05, 3.63) is 94.8 Å². The van der Waals surface area contributed by atoms with Gasteiger partial charge in [-0.05, 0) is 43.7 Å². The van der Waals surface area contributed by atoms with Crippen LogP contribution in [-0.2, 0) is 0 Å². The van der Waals surface area contributed by atoms with E-state index in [0.29, 0.717) is 16.5 Å². The van der Waals surface area contributed by atoms with Crippen LogP contribution in [0, 0.1) is 13.8 Å². The number of carbonyl (C=O) groups excluding carboxylic acids is 1. The predicted octanol–water partition coefficient (Wildman–Crippen LogP) is 5.46. The predicted molar refractivity (Wildman–Crippen MR) is 116 cm³/mol. The molecular formula is C23H19ClN4O. The zero-order chi connectivity index (χ0) is 20.4. The van der Waals surface area contributed by atoms with Gasteiger partial charge in [-0.2, -0.15) is 0 Å². The second-order valence-corrected chi connectivity index (χ2v) is 7.23. The molecule has 29 heavy (non-hydrogen) atoms. The molecule has 0 saturated carbocycles. The Labute approximate surface area is 174 Å². The van der Waals surface area contributed by atoms with E-state index in [1.165, 1.54) is 0 Å². The van der Waals surface area contributed by atoms with Crippen LogP contribution in [0.25, 0.3) is 17.1 Å². The molecule has 0 saturated heterocycles. The van der Waals surface area contributed by atoms with Crippen molar-refractivity contribution in [2.75, 3.05) is 5.32 Å². The second-order valence-electron chi connectivity index (χ2n) is 6.79. The number of rotatable bonds is 4. The van der Waals surface area contributed by atoms with Gasteiger partial charge in [0, 0.05) is 16.3 Å². The summed E-state index contributed by atoms with van der Waals surface area (Å²) in [4.78, 5) is 17.3. The number of aromatic nitrogens is 3. The van der Waals surface area contributed by atoms with Gasteiger partial charge in [-0.3, -0.25) is 4.79 Å². The quantitative estimate of drug-likeness (QED) is 0.493. The summed E-state index contributed by atoms with van der Waals surface area (Å²) in [6, 6.07) is 22.8. The van der Waals surface area contributed by atoms with Gasteiger partial charge in [0.25, 0.3) is 5.91 Å². The number of halogens is 1. The minimum absolute atomic E-state index is 0.0869. The highest BCUT2D eigenvalue weighted by Gasteiger charge is 2.20. The molecule has 1 heterocycles. The van der Waals surface area contributed by atoms with Crippen LogP contribution in [0.4, 0.5) is 5.69 Å². The first-order valence-electron chi connectivity index (χ1n) is 9.18. The van der Waals surface area contributed by atoms with Gasteiger partial charge in [-0.25, -0.2) is 9.67 Å². The van der Waals surface area contributed by atoms with Crippen LogP contribution < -0.4 is 5.32 Å². The van der Waals surface area contributed by atoms with E-state index in [2.05, 4.69) is 21.5 Å². The first-order chi connectivity index (χ1) is 14.0. The molecule has 0 unspecified atom stereocenters. The van der Waals surface area contributed by atoms with Gasteiger partial charge in [0.1, 0.15) is 0 Å². The maximum Gasteiger partial charge on any atom is 0.295 e. The summed E-state index contributed by atoms with van der Waals surface area (Å²) in [6.45, 7) is 4.06. The molecule has 6 heteroatoms. The fourth-order valence-corrected chi connectivity index (χ4v) is 3.34. The van der Waals surface area contributed by atoms with E-state index < -0.39 is 5.91 Å². The van der Waals surface area contributed by atoms with Gasteiger partial charge < -0.3 is 5.32 Å². The molecule has 0 aliphatic heterocycles. The van der Waals surface area contributed by atoms with Crippen LogP contribution in [0.2, 0.25) is 5.02 Å². The number of nitrogens with one attached hydrogen (secondary N) is 1. The fraction of sp³-hybridized carbons (Fsp3) is 0.0870. The molecule has 1 N–H and O–H groups in total. The first kappa shape index (κ1) is 18.9. The molecular weight excluding hydrogens is 384 g/mol. The zero-order valence-electron chi connectivity index (χ0n) is 16.1. The van der Waals surface area contributed by atoms with Crippen molar-refractivity contribution in [1.82, 2.24) is 14.8 Å². The Morgan fingerprint density at radius 1 is 0.966 bits per heavy atom. The first-order valence-corrected chi connectivity index (χ1v) is 9.56. The average Bonchev–Trinajstić information content (AvgIpc) is 3.14. The van der Waals surface area contributed by atoms with Crippen LogP contribution in [0.3, 0.4) is 0 Å². The third-order valence-corrected chi connectivity index (χ3v) is 4.74. The summed E-state index contributed by atoms with van der Waals surface area (Å²) >= 11 is 6.01. The zero-order valence-corrected chi connectivity index (χ0v) is 16.8. The van der Waals surface area contributed by atoms with Crippen molar-refractivity contribution in [3.63, 3.8) is 0 Å². The van der Waals surface area contributed by atoms with Crippen LogP contribution in [0.15, 0.2) is 72.8 Å². The Kier molecular flexibility index (Phi) is 5.14. The molecule has 5 nitrogen and oxygen atoms in total. The standard InChI is InChI=1S/C23H19ClN4O/c1-15-11-12-20(16(2)13-15)28-22(17-7-4-3-5-8-17)26-21(27-28)23(29)25-19-10-6-9-18(24)14-19/h3-14H,1-2H3,(H,25,29). The minimum atomic E-state index is -0.395. The molecule has 0 aliphatic carbocycles. The highest BCUT2D eigenvalue weighted by Crippen LogP contribution is 2.24. The average molecular weight is 403 g/mol. The maximum atomic E-state index is 12.8.